The molecule has 3 N–H and O–H groups in total. The van der Waals surface area contributed by atoms with E-state index in [4.69, 9.17) is 10.5 Å². The second-order valence-corrected chi connectivity index (χ2v) is 4.82. The molecule has 0 unspecified atom stereocenters. The molecule has 6 nitrogen and oxygen atoms in total. The van der Waals surface area contributed by atoms with Crippen LogP contribution in [0, 0.1) is 0 Å². The number of rotatable bonds is 5. The topological polar surface area (TPSA) is 84.5 Å². The number of aliphatic hydroxyl groups excluding tert-OH is 1. The van der Waals surface area contributed by atoms with Crippen LogP contribution in [-0.2, 0) is 0 Å². The van der Waals surface area contributed by atoms with Gasteiger partial charge < -0.3 is 20.5 Å². The van der Waals surface area contributed by atoms with Crippen molar-refractivity contribution < 1.29 is 9.84 Å². The summed E-state index contributed by atoms with van der Waals surface area (Å²) in [6.45, 7) is 0.626. The molecule has 1 heterocycles. The predicted molar refractivity (Wildman–Crippen MR) is 74.3 cm³/mol. The van der Waals surface area contributed by atoms with E-state index in [1.807, 2.05) is 0 Å². The summed E-state index contributed by atoms with van der Waals surface area (Å²) >= 11 is 0. The summed E-state index contributed by atoms with van der Waals surface area (Å²) in [6.07, 6.45) is 7.40. The van der Waals surface area contributed by atoms with E-state index in [0.717, 1.165) is 12.8 Å². The average Bonchev–Trinajstić information content (AvgIpc) is 2.45. The zero-order valence-corrected chi connectivity index (χ0v) is 11.4. The van der Waals surface area contributed by atoms with Crippen molar-refractivity contribution in [2.75, 3.05) is 30.9 Å². The van der Waals surface area contributed by atoms with E-state index in [0.29, 0.717) is 30.0 Å². The highest BCUT2D eigenvalue weighted by atomic mass is 16.5. The van der Waals surface area contributed by atoms with E-state index in [1.54, 1.807) is 7.11 Å². The summed E-state index contributed by atoms with van der Waals surface area (Å²) in [5.41, 5.74) is 5.83. The van der Waals surface area contributed by atoms with Crippen LogP contribution in [0.1, 0.15) is 32.1 Å². The number of hydrogen-bond donors (Lipinski definition) is 2. The predicted octanol–water partition coefficient (Wildman–Crippen LogP) is 1.20. The van der Waals surface area contributed by atoms with Gasteiger partial charge in [-0.3, -0.25) is 0 Å². The van der Waals surface area contributed by atoms with Crippen LogP contribution in [0.3, 0.4) is 0 Å². The summed E-state index contributed by atoms with van der Waals surface area (Å²) in [5.74, 6) is 1.53. The maximum absolute atomic E-state index is 9.30. The van der Waals surface area contributed by atoms with Crippen LogP contribution < -0.4 is 15.4 Å². The highest BCUT2D eigenvalue weighted by Crippen LogP contribution is 2.34. The maximum Gasteiger partial charge on any atom is 0.204 e. The van der Waals surface area contributed by atoms with Gasteiger partial charge in [-0.2, -0.15) is 0 Å². The van der Waals surface area contributed by atoms with Crippen LogP contribution >= 0.6 is 0 Å². The molecule has 19 heavy (non-hydrogen) atoms. The number of ether oxygens (including phenoxy) is 1. The molecule has 106 valence electrons. The Kier molecular flexibility index (Phi) is 4.79. The Morgan fingerprint density at radius 2 is 2.11 bits per heavy atom. The van der Waals surface area contributed by atoms with Gasteiger partial charge in [0.05, 0.1) is 13.7 Å². The van der Waals surface area contributed by atoms with Crippen molar-refractivity contribution >= 4 is 11.6 Å². The van der Waals surface area contributed by atoms with Gasteiger partial charge in [0.1, 0.15) is 6.33 Å². The maximum atomic E-state index is 9.30. The van der Waals surface area contributed by atoms with Crippen molar-refractivity contribution in [3.63, 3.8) is 0 Å². The third kappa shape index (κ3) is 3.07. The third-order valence-electron chi connectivity index (χ3n) is 3.65. The zero-order valence-electron chi connectivity index (χ0n) is 11.4. The van der Waals surface area contributed by atoms with Gasteiger partial charge in [-0.25, -0.2) is 9.97 Å². The van der Waals surface area contributed by atoms with Gasteiger partial charge in [-0.1, -0.05) is 19.3 Å². The number of hydrogen-bond acceptors (Lipinski definition) is 6. The SMILES string of the molecule is COc1c(N)ncnc1N(CCO)C1CCCCC1. The van der Waals surface area contributed by atoms with Crippen LogP contribution in [-0.4, -0.2) is 41.4 Å². The van der Waals surface area contributed by atoms with E-state index in [-0.39, 0.29) is 6.61 Å². The molecule has 1 fully saturated rings. The summed E-state index contributed by atoms with van der Waals surface area (Å²) in [7, 11) is 1.57. The van der Waals surface area contributed by atoms with Crippen molar-refractivity contribution in [3.8, 4) is 5.75 Å². The summed E-state index contributed by atoms with van der Waals surface area (Å²) in [4.78, 5) is 10.4. The fourth-order valence-corrected chi connectivity index (χ4v) is 2.74. The van der Waals surface area contributed by atoms with Crippen LogP contribution in [0.5, 0.6) is 5.75 Å². The van der Waals surface area contributed by atoms with Crippen LogP contribution in [0.15, 0.2) is 6.33 Å². The molecular formula is C13H22N4O2. The lowest BCUT2D eigenvalue weighted by Crippen LogP contribution is -2.39. The second kappa shape index (κ2) is 6.56. The minimum Gasteiger partial charge on any atom is -0.490 e. The van der Waals surface area contributed by atoms with Crippen molar-refractivity contribution in [3.05, 3.63) is 6.33 Å². The highest BCUT2D eigenvalue weighted by Gasteiger charge is 2.25. The molecule has 0 bridgehead atoms. The van der Waals surface area contributed by atoms with Gasteiger partial charge in [0.2, 0.25) is 5.75 Å². The molecule has 2 rings (SSSR count). The van der Waals surface area contributed by atoms with Crippen molar-refractivity contribution in [1.82, 2.24) is 9.97 Å². The standard InChI is InChI=1S/C13H22N4O2/c1-19-11-12(14)15-9-16-13(11)17(7-8-18)10-5-3-2-4-6-10/h9-10,18H,2-8H2,1H3,(H2,14,15,16). The van der Waals surface area contributed by atoms with Crippen LogP contribution in [0.4, 0.5) is 11.6 Å². The number of nitrogens with zero attached hydrogens (tertiary/aromatic N) is 3. The number of aliphatic hydroxyl groups is 1. The summed E-state index contributed by atoms with van der Waals surface area (Å²) < 4.78 is 5.32. The Bertz CT molecular complexity index is 408. The molecule has 0 aromatic carbocycles. The monoisotopic (exact) mass is 266 g/mol. The van der Waals surface area contributed by atoms with E-state index < -0.39 is 0 Å². The molecule has 0 aliphatic heterocycles. The first-order valence-corrected chi connectivity index (χ1v) is 6.80. The van der Waals surface area contributed by atoms with Crippen molar-refractivity contribution in [2.24, 2.45) is 0 Å². The number of nitrogens with two attached hydrogens (primary N) is 1. The largest absolute Gasteiger partial charge is 0.490 e. The van der Waals surface area contributed by atoms with E-state index in [1.165, 1.54) is 25.6 Å². The minimum atomic E-state index is 0.0869. The normalized spacial score (nSPS) is 16.3. The zero-order chi connectivity index (χ0) is 13.7. The molecule has 6 heteroatoms. The van der Waals surface area contributed by atoms with Gasteiger partial charge in [0, 0.05) is 12.6 Å². The van der Waals surface area contributed by atoms with Crippen LogP contribution in [0.25, 0.3) is 0 Å². The van der Waals surface area contributed by atoms with E-state index in [2.05, 4.69) is 14.9 Å². The van der Waals surface area contributed by atoms with Gasteiger partial charge in [0.25, 0.3) is 0 Å². The summed E-state index contributed by atoms with van der Waals surface area (Å²) in [6, 6.07) is 0.393. The fraction of sp³-hybridized carbons (Fsp3) is 0.692. The summed E-state index contributed by atoms with van der Waals surface area (Å²) in [5, 5.41) is 9.30. The van der Waals surface area contributed by atoms with Gasteiger partial charge >= 0.3 is 0 Å². The Balaban J connectivity index is 2.29. The van der Waals surface area contributed by atoms with E-state index >= 15 is 0 Å². The molecule has 0 saturated heterocycles. The first-order valence-electron chi connectivity index (χ1n) is 6.80. The molecule has 0 amide bonds. The van der Waals surface area contributed by atoms with Gasteiger partial charge in [0.15, 0.2) is 11.6 Å². The lowest BCUT2D eigenvalue weighted by atomic mass is 9.94. The number of nitrogen functional groups attached to an aromatic ring is 1. The Morgan fingerprint density at radius 3 is 2.74 bits per heavy atom. The average molecular weight is 266 g/mol. The Labute approximate surface area is 113 Å². The Morgan fingerprint density at radius 1 is 1.37 bits per heavy atom. The molecule has 1 saturated carbocycles. The number of methoxy groups -OCH3 is 1. The van der Waals surface area contributed by atoms with E-state index in [9.17, 15) is 5.11 Å². The van der Waals surface area contributed by atoms with Crippen molar-refractivity contribution in [1.29, 1.82) is 0 Å². The molecule has 1 aromatic rings. The smallest absolute Gasteiger partial charge is 0.204 e. The van der Waals surface area contributed by atoms with Crippen molar-refractivity contribution in [2.45, 2.75) is 38.1 Å². The minimum absolute atomic E-state index is 0.0869. The first kappa shape index (κ1) is 13.9. The molecule has 1 aliphatic rings. The third-order valence-corrected chi connectivity index (χ3v) is 3.65. The van der Waals surface area contributed by atoms with Gasteiger partial charge in [-0.15, -0.1) is 0 Å². The molecule has 0 spiro atoms. The molecule has 1 aliphatic carbocycles. The lowest BCUT2D eigenvalue weighted by molar-refractivity contribution is 0.288. The fourth-order valence-electron chi connectivity index (χ4n) is 2.74. The number of aromatic nitrogens is 2. The molecule has 1 aromatic heterocycles. The molecular weight excluding hydrogens is 244 g/mol. The lowest BCUT2D eigenvalue weighted by Gasteiger charge is -2.35. The molecule has 0 atom stereocenters. The second-order valence-electron chi connectivity index (χ2n) is 4.82. The quantitative estimate of drug-likeness (QED) is 0.833. The Hall–Kier alpha value is -1.56. The van der Waals surface area contributed by atoms with Crippen LogP contribution in [0.2, 0.25) is 0 Å². The highest BCUT2D eigenvalue weighted by molar-refractivity contribution is 5.63. The molecule has 0 radical (unpaired) electrons. The first-order chi connectivity index (χ1) is 9.27. The van der Waals surface area contributed by atoms with Gasteiger partial charge in [-0.05, 0) is 12.8 Å². The number of anilines is 2.